The average Bonchev–Trinajstić information content (AvgIpc) is 2.58. The summed E-state index contributed by atoms with van der Waals surface area (Å²) in [6.07, 6.45) is 0. The predicted molar refractivity (Wildman–Crippen MR) is 96.7 cm³/mol. The van der Waals surface area contributed by atoms with Crippen LogP contribution in [-0.4, -0.2) is 26.8 Å². The van der Waals surface area contributed by atoms with Crippen LogP contribution in [0.3, 0.4) is 0 Å². The van der Waals surface area contributed by atoms with E-state index in [4.69, 9.17) is 9.47 Å². The molecule has 0 aliphatic carbocycles. The zero-order chi connectivity index (χ0) is 16.5. The lowest BCUT2D eigenvalue weighted by Gasteiger charge is -2.11. The zero-order valence-electron chi connectivity index (χ0n) is 14.1. The van der Waals surface area contributed by atoms with Gasteiger partial charge in [0, 0.05) is 30.5 Å². The normalized spacial score (nSPS) is 10.4. The van der Waals surface area contributed by atoms with E-state index in [1.807, 2.05) is 48.5 Å². The predicted octanol–water partition coefficient (Wildman–Crippen LogP) is 4.25. The van der Waals surface area contributed by atoms with Crippen molar-refractivity contribution >= 4 is 11.4 Å². The quantitative estimate of drug-likeness (QED) is 0.679. The Morgan fingerprint density at radius 2 is 1.57 bits per heavy atom. The molecule has 124 valence electrons. The molecule has 2 aromatic carbocycles. The topological polar surface area (TPSA) is 42.5 Å². The van der Waals surface area contributed by atoms with Gasteiger partial charge in [-0.25, -0.2) is 0 Å². The van der Waals surface area contributed by atoms with Gasteiger partial charge in [-0.3, -0.25) is 0 Å². The first kappa shape index (κ1) is 17.0. The molecule has 23 heavy (non-hydrogen) atoms. The zero-order valence-corrected chi connectivity index (χ0v) is 14.1. The maximum Gasteiger partial charge on any atom is 0.120 e. The maximum absolute atomic E-state index is 5.68. The number of hydrogen-bond acceptors (Lipinski definition) is 4. The average molecular weight is 314 g/mol. The molecule has 0 amide bonds. The van der Waals surface area contributed by atoms with Gasteiger partial charge in [-0.2, -0.15) is 0 Å². The SMILES string of the molecule is COc1cccc(NCCNc2ccc(OCC(C)C)cc2)c1. The molecule has 0 saturated carbocycles. The summed E-state index contributed by atoms with van der Waals surface area (Å²) in [6, 6.07) is 16.0. The first-order chi connectivity index (χ1) is 11.2. The minimum atomic E-state index is 0.537. The van der Waals surface area contributed by atoms with Gasteiger partial charge in [0.15, 0.2) is 0 Å². The Kier molecular flexibility index (Phi) is 6.60. The van der Waals surface area contributed by atoms with Gasteiger partial charge < -0.3 is 20.1 Å². The van der Waals surface area contributed by atoms with Crippen molar-refractivity contribution in [2.75, 3.05) is 37.4 Å². The summed E-state index contributed by atoms with van der Waals surface area (Å²) < 4.78 is 10.9. The molecule has 4 nitrogen and oxygen atoms in total. The molecule has 0 aliphatic heterocycles. The van der Waals surface area contributed by atoms with Crippen LogP contribution in [0.25, 0.3) is 0 Å². The lowest BCUT2D eigenvalue weighted by atomic mass is 10.2. The van der Waals surface area contributed by atoms with E-state index in [0.29, 0.717) is 5.92 Å². The van der Waals surface area contributed by atoms with E-state index in [1.54, 1.807) is 7.11 Å². The molecule has 0 unspecified atom stereocenters. The molecule has 0 radical (unpaired) electrons. The van der Waals surface area contributed by atoms with Crippen LogP contribution in [0.4, 0.5) is 11.4 Å². The Labute approximate surface area is 138 Å². The van der Waals surface area contributed by atoms with E-state index in [-0.39, 0.29) is 0 Å². The fraction of sp³-hybridized carbons (Fsp3) is 0.368. The van der Waals surface area contributed by atoms with Crippen LogP contribution in [0.5, 0.6) is 11.5 Å². The summed E-state index contributed by atoms with van der Waals surface area (Å²) in [5, 5.41) is 6.75. The van der Waals surface area contributed by atoms with Crippen molar-refractivity contribution in [1.82, 2.24) is 0 Å². The molecule has 0 spiro atoms. The lowest BCUT2D eigenvalue weighted by molar-refractivity contribution is 0.271. The number of rotatable bonds is 9. The van der Waals surface area contributed by atoms with Crippen molar-refractivity contribution in [2.24, 2.45) is 5.92 Å². The molecule has 0 atom stereocenters. The number of ether oxygens (including phenoxy) is 2. The van der Waals surface area contributed by atoms with Crippen LogP contribution in [0.15, 0.2) is 48.5 Å². The Bertz CT molecular complexity index is 582. The Hall–Kier alpha value is -2.36. The highest BCUT2D eigenvalue weighted by Gasteiger charge is 1.98. The second-order valence-corrected chi connectivity index (χ2v) is 5.81. The van der Waals surface area contributed by atoms with Crippen LogP contribution >= 0.6 is 0 Å². The van der Waals surface area contributed by atoms with Crippen molar-refractivity contribution < 1.29 is 9.47 Å². The first-order valence-corrected chi connectivity index (χ1v) is 8.02. The van der Waals surface area contributed by atoms with Gasteiger partial charge in [0.2, 0.25) is 0 Å². The third-order valence-corrected chi connectivity index (χ3v) is 3.29. The minimum absolute atomic E-state index is 0.537. The van der Waals surface area contributed by atoms with Gasteiger partial charge in [0.1, 0.15) is 11.5 Å². The number of hydrogen-bond donors (Lipinski definition) is 2. The molecule has 2 aromatic rings. The Morgan fingerprint density at radius 1 is 0.870 bits per heavy atom. The summed E-state index contributed by atoms with van der Waals surface area (Å²) in [4.78, 5) is 0. The molecule has 0 bridgehead atoms. The molecule has 2 N–H and O–H groups in total. The van der Waals surface area contributed by atoms with Gasteiger partial charge >= 0.3 is 0 Å². The highest BCUT2D eigenvalue weighted by atomic mass is 16.5. The molecule has 0 aliphatic rings. The Balaban J connectivity index is 1.71. The molecule has 2 rings (SSSR count). The summed E-state index contributed by atoms with van der Waals surface area (Å²) in [7, 11) is 1.68. The van der Waals surface area contributed by atoms with Crippen molar-refractivity contribution in [3.63, 3.8) is 0 Å². The van der Waals surface area contributed by atoms with E-state index in [2.05, 4.69) is 24.5 Å². The fourth-order valence-electron chi connectivity index (χ4n) is 2.08. The second kappa shape index (κ2) is 8.93. The van der Waals surface area contributed by atoms with Crippen molar-refractivity contribution in [3.8, 4) is 11.5 Å². The third kappa shape index (κ3) is 6.10. The lowest BCUT2D eigenvalue weighted by Crippen LogP contribution is -2.13. The van der Waals surface area contributed by atoms with Crippen LogP contribution in [-0.2, 0) is 0 Å². The van der Waals surface area contributed by atoms with E-state index in [1.165, 1.54) is 0 Å². The van der Waals surface area contributed by atoms with Gasteiger partial charge in [0.25, 0.3) is 0 Å². The largest absolute Gasteiger partial charge is 0.497 e. The van der Waals surface area contributed by atoms with Crippen LogP contribution in [0.2, 0.25) is 0 Å². The molecular formula is C19H26N2O2. The van der Waals surface area contributed by atoms with Crippen LogP contribution in [0, 0.1) is 5.92 Å². The number of anilines is 2. The maximum atomic E-state index is 5.68. The van der Waals surface area contributed by atoms with E-state index in [9.17, 15) is 0 Å². The Morgan fingerprint density at radius 3 is 2.22 bits per heavy atom. The monoisotopic (exact) mass is 314 g/mol. The van der Waals surface area contributed by atoms with Gasteiger partial charge in [0.05, 0.1) is 13.7 Å². The number of benzene rings is 2. The standard InChI is InChI=1S/C19H26N2O2/c1-15(2)14-23-18-9-7-16(8-10-18)20-11-12-21-17-5-4-6-19(13-17)22-3/h4-10,13,15,20-21H,11-12,14H2,1-3H3. The van der Waals surface area contributed by atoms with Crippen molar-refractivity contribution in [1.29, 1.82) is 0 Å². The summed E-state index contributed by atoms with van der Waals surface area (Å²) in [6.45, 7) is 6.70. The van der Waals surface area contributed by atoms with Gasteiger partial charge in [-0.15, -0.1) is 0 Å². The fourth-order valence-corrected chi connectivity index (χ4v) is 2.08. The second-order valence-electron chi connectivity index (χ2n) is 5.81. The first-order valence-electron chi connectivity index (χ1n) is 8.02. The summed E-state index contributed by atoms with van der Waals surface area (Å²) >= 11 is 0. The highest BCUT2D eigenvalue weighted by molar-refractivity contribution is 5.49. The van der Waals surface area contributed by atoms with E-state index >= 15 is 0 Å². The van der Waals surface area contributed by atoms with Crippen LogP contribution < -0.4 is 20.1 Å². The summed E-state index contributed by atoms with van der Waals surface area (Å²) in [5.74, 6) is 2.31. The third-order valence-electron chi connectivity index (χ3n) is 3.29. The molecular weight excluding hydrogens is 288 g/mol. The van der Waals surface area contributed by atoms with Crippen molar-refractivity contribution in [3.05, 3.63) is 48.5 Å². The van der Waals surface area contributed by atoms with Crippen molar-refractivity contribution in [2.45, 2.75) is 13.8 Å². The minimum Gasteiger partial charge on any atom is -0.497 e. The smallest absolute Gasteiger partial charge is 0.120 e. The molecule has 0 heterocycles. The summed E-state index contributed by atoms with van der Waals surface area (Å²) in [5.41, 5.74) is 2.15. The van der Waals surface area contributed by atoms with Gasteiger partial charge in [-0.05, 0) is 42.3 Å². The van der Waals surface area contributed by atoms with E-state index in [0.717, 1.165) is 42.6 Å². The highest BCUT2D eigenvalue weighted by Crippen LogP contribution is 2.17. The number of methoxy groups -OCH3 is 1. The molecule has 0 fully saturated rings. The molecule has 4 heteroatoms. The molecule has 0 saturated heterocycles. The van der Waals surface area contributed by atoms with Gasteiger partial charge in [-0.1, -0.05) is 19.9 Å². The van der Waals surface area contributed by atoms with E-state index < -0.39 is 0 Å². The van der Waals surface area contributed by atoms with Crippen LogP contribution in [0.1, 0.15) is 13.8 Å². The molecule has 0 aromatic heterocycles. The number of nitrogens with one attached hydrogen (secondary N) is 2.